The normalized spacial score (nSPS) is 16.8. The van der Waals surface area contributed by atoms with Gasteiger partial charge in [-0.3, -0.25) is 0 Å². The smallest absolute Gasteiger partial charge is 0.318 e. The Morgan fingerprint density at radius 3 is 2.62 bits per heavy atom. The number of amides is 2. The Morgan fingerprint density at radius 2 is 1.83 bits per heavy atom. The molecule has 1 heterocycles. The van der Waals surface area contributed by atoms with Gasteiger partial charge < -0.3 is 19.7 Å². The molecule has 0 bridgehead atoms. The summed E-state index contributed by atoms with van der Waals surface area (Å²) in [6, 6.07) is 14.1. The molecule has 1 fully saturated rings. The minimum absolute atomic E-state index is 0.0118. The third-order valence-electron chi connectivity index (χ3n) is 5.53. The topological polar surface area (TPSA) is 50.8 Å². The number of nitrogens with one attached hydrogen (secondary N) is 1. The summed E-state index contributed by atoms with van der Waals surface area (Å²) < 4.78 is 11.7. The van der Waals surface area contributed by atoms with Crippen LogP contribution in [0.25, 0.3) is 0 Å². The standard InChI is InChI=1S/C23H27ClN2O3/c24-20-8-5-17(6-9-20)15-28-16-18-7-10-22-19(13-18)14-26(11-12-29-22)23(27)25-21-3-1-2-4-21/h5-10,13,21H,1-4,11-12,14-16H2,(H,25,27). The summed E-state index contributed by atoms with van der Waals surface area (Å²) in [5.41, 5.74) is 3.18. The average molecular weight is 415 g/mol. The van der Waals surface area contributed by atoms with Gasteiger partial charge in [-0.2, -0.15) is 0 Å². The molecule has 2 amide bonds. The first-order valence-electron chi connectivity index (χ1n) is 10.3. The Hall–Kier alpha value is -2.24. The third kappa shape index (κ3) is 5.43. The van der Waals surface area contributed by atoms with Crippen LogP contribution in [0, 0.1) is 0 Å². The van der Waals surface area contributed by atoms with Crippen LogP contribution in [-0.4, -0.2) is 30.1 Å². The van der Waals surface area contributed by atoms with Crippen LogP contribution in [0.2, 0.25) is 5.02 Å². The highest BCUT2D eigenvalue weighted by atomic mass is 35.5. The van der Waals surface area contributed by atoms with Crippen LogP contribution >= 0.6 is 11.6 Å². The minimum Gasteiger partial charge on any atom is -0.491 e. The van der Waals surface area contributed by atoms with Gasteiger partial charge in [-0.05, 0) is 48.2 Å². The molecule has 154 valence electrons. The fourth-order valence-electron chi connectivity index (χ4n) is 3.91. The first-order valence-corrected chi connectivity index (χ1v) is 10.7. The lowest BCUT2D eigenvalue weighted by Crippen LogP contribution is -2.44. The molecule has 1 aliphatic heterocycles. The van der Waals surface area contributed by atoms with Gasteiger partial charge in [-0.1, -0.05) is 42.6 Å². The molecule has 1 aliphatic carbocycles. The fraction of sp³-hybridized carbons (Fsp3) is 0.435. The van der Waals surface area contributed by atoms with Crippen molar-refractivity contribution in [2.45, 2.75) is 51.5 Å². The highest BCUT2D eigenvalue weighted by molar-refractivity contribution is 6.30. The molecule has 5 nitrogen and oxygen atoms in total. The maximum Gasteiger partial charge on any atom is 0.318 e. The van der Waals surface area contributed by atoms with E-state index in [4.69, 9.17) is 21.1 Å². The molecule has 0 saturated heterocycles. The summed E-state index contributed by atoms with van der Waals surface area (Å²) in [5, 5.41) is 3.90. The van der Waals surface area contributed by atoms with E-state index in [-0.39, 0.29) is 6.03 Å². The van der Waals surface area contributed by atoms with E-state index in [1.807, 2.05) is 41.3 Å². The zero-order valence-corrected chi connectivity index (χ0v) is 17.3. The third-order valence-corrected chi connectivity index (χ3v) is 5.78. The highest BCUT2D eigenvalue weighted by Gasteiger charge is 2.23. The van der Waals surface area contributed by atoms with E-state index in [0.717, 1.165) is 40.3 Å². The van der Waals surface area contributed by atoms with Crippen LogP contribution in [-0.2, 0) is 24.5 Å². The highest BCUT2D eigenvalue weighted by Crippen LogP contribution is 2.25. The van der Waals surface area contributed by atoms with E-state index >= 15 is 0 Å². The number of urea groups is 1. The average Bonchev–Trinajstić information content (AvgIpc) is 3.13. The predicted molar refractivity (Wildman–Crippen MR) is 113 cm³/mol. The van der Waals surface area contributed by atoms with Crippen LogP contribution in [0.1, 0.15) is 42.4 Å². The molecule has 2 aliphatic rings. The maximum atomic E-state index is 12.7. The van der Waals surface area contributed by atoms with Gasteiger partial charge in [0.05, 0.1) is 26.3 Å². The fourth-order valence-corrected chi connectivity index (χ4v) is 4.04. The SMILES string of the molecule is O=C(NC1CCCC1)N1CCOc2ccc(COCc3ccc(Cl)cc3)cc2C1. The zero-order valence-electron chi connectivity index (χ0n) is 16.5. The number of nitrogens with zero attached hydrogens (tertiary/aromatic N) is 1. The van der Waals surface area contributed by atoms with Crippen LogP contribution in [0.15, 0.2) is 42.5 Å². The van der Waals surface area contributed by atoms with Crippen molar-refractivity contribution in [3.63, 3.8) is 0 Å². The molecular weight excluding hydrogens is 388 g/mol. The van der Waals surface area contributed by atoms with Gasteiger partial charge >= 0.3 is 6.03 Å². The molecule has 0 atom stereocenters. The number of hydrogen-bond donors (Lipinski definition) is 1. The lowest BCUT2D eigenvalue weighted by atomic mass is 10.1. The van der Waals surface area contributed by atoms with E-state index in [1.165, 1.54) is 12.8 Å². The lowest BCUT2D eigenvalue weighted by Gasteiger charge is -2.23. The summed E-state index contributed by atoms with van der Waals surface area (Å²) >= 11 is 5.92. The van der Waals surface area contributed by atoms with Crippen molar-refractivity contribution in [1.29, 1.82) is 0 Å². The van der Waals surface area contributed by atoms with E-state index in [0.29, 0.717) is 39.0 Å². The number of fused-ring (bicyclic) bond motifs is 1. The Balaban J connectivity index is 1.35. The van der Waals surface area contributed by atoms with Crippen molar-refractivity contribution in [2.24, 2.45) is 0 Å². The van der Waals surface area contributed by atoms with Gasteiger partial charge in [0.2, 0.25) is 0 Å². The van der Waals surface area contributed by atoms with E-state index in [1.54, 1.807) is 0 Å². The van der Waals surface area contributed by atoms with Crippen LogP contribution in [0.3, 0.4) is 0 Å². The van der Waals surface area contributed by atoms with Crippen LogP contribution < -0.4 is 10.1 Å². The summed E-state index contributed by atoms with van der Waals surface area (Å²) in [6.07, 6.45) is 4.58. The number of carbonyl (C=O) groups is 1. The zero-order chi connectivity index (χ0) is 20.1. The Morgan fingerprint density at radius 1 is 1.10 bits per heavy atom. The van der Waals surface area contributed by atoms with Crippen molar-refractivity contribution in [3.05, 3.63) is 64.2 Å². The van der Waals surface area contributed by atoms with Gasteiger partial charge in [0.25, 0.3) is 0 Å². The second-order valence-electron chi connectivity index (χ2n) is 7.76. The van der Waals surface area contributed by atoms with E-state index in [9.17, 15) is 4.79 Å². The molecule has 4 rings (SSSR count). The summed E-state index contributed by atoms with van der Waals surface area (Å²) in [7, 11) is 0. The Bertz CT molecular complexity index is 835. The number of benzene rings is 2. The summed E-state index contributed by atoms with van der Waals surface area (Å²) in [6.45, 7) is 2.69. The molecule has 0 unspecified atom stereocenters. The van der Waals surface area contributed by atoms with Gasteiger partial charge in [0, 0.05) is 16.6 Å². The molecular formula is C23H27ClN2O3. The number of rotatable bonds is 5. The van der Waals surface area contributed by atoms with Crippen molar-refractivity contribution >= 4 is 17.6 Å². The number of ether oxygens (including phenoxy) is 2. The lowest BCUT2D eigenvalue weighted by molar-refractivity contribution is 0.107. The minimum atomic E-state index is 0.0118. The quantitative estimate of drug-likeness (QED) is 0.756. The van der Waals surface area contributed by atoms with Gasteiger partial charge in [0.15, 0.2) is 0 Å². The Labute approximate surface area is 176 Å². The van der Waals surface area contributed by atoms with Crippen molar-refractivity contribution in [2.75, 3.05) is 13.2 Å². The predicted octanol–water partition coefficient (Wildman–Crippen LogP) is 4.90. The van der Waals surface area contributed by atoms with Gasteiger partial charge in [-0.15, -0.1) is 0 Å². The molecule has 2 aromatic rings. The maximum absolute atomic E-state index is 12.7. The molecule has 29 heavy (non-hydrogen) atoms. The van der Waals surface area contributed by atoms with E-state index in [2.05, 4.69) is 11.4 Å². The van der Waals surface area contributed by atoms with E-state index < -0.39 is 0 Å². The molecule has 0 radical (unpaired) electrons. The van der Waals surface area contributed by atoms with Crippen LogP contribution in [0.5, 0.6) is 5.75 Å². The van der Waals surface area contributed by atoms with Gasteiger partial charge in [-0.25, -0.2) is 4.79 Å². The van der Waals surface area contributed by atoms with Crippen molar-refractivity contribution in [3.8, 4) is 5.75 Å². The number of carbonyl (C=O) groups excluding carboxylic acids is 1. The first-order chi connectivity index (χ1) is 14.2. The molecule has 1 N–H and O–H groups in total. The number of halogens is 1. The Kier molecular flexibility index (Phi) is 6.57. The summed E-state index contributed by atoms with van der Waals surface area (Å²) in [5.74, 6) is 0.850. The summed E-state index contributed by atoms with van der Waals surface area (Å²) in [4.78, 5) is 14.5. The monoisotopic (exact) mass is 414 g/mol. The first kappa shape index (κ1) is 20.0. The van der Waals surface area contributed by atoms with Crippen LogP contribution in [0.4, 0.5) is 4.79 Å². The second kappa shape index (κ2) is 9.51. The second-order valence-corrected chi connectivity index (χ2v) is 8.20. The van der Waals surface area contributed by atoms with Crippen molar-refractivity contribution in [1.82, 2.24) is 10.2 Å². The number of hydrogen-bond acceptors (Lipinski definition) is 3. The van der Waals surface area contributed by atoms with Gasteiger partial charge in [0.1, 0.15) is 12.4 Å². The molecule has 2 aromatic carbocycles. The van der Waals surface area contributed by atoms with Crippen molar-refractivity contribution < 1.29 is 14.3 Å². The molecule has 1 saturated carbocycles. The molecule has 0 spiro atoms. The largest absolute Gasteiger partial charge is 0.491 e. The molecule has 0 aromatic heterocycles. The molecule has 6 heteroatoms.